The molecule has 0 N–H and O–H groups in total. The van der Waals surface area contributed by atoms with Gasteiger partial charge in [-0.05, 0) is 48.9 Å². The van der Waals surface area contributed by atoms with Gasteiger partial charge in [-0.1, -0.05) is 42.5 Å². The molecule has 1 heterocycles. The monoisotopic (exact) mass is 397 g/mol. The van der Waals surface area contributed by atoms with Crippen LogP contribution in [-0.2, 0) is 11.3 Å². The molecule has 5 heteroatoms. The highest BCUT2D eigenvalue weighted by Crippen LogP contribution is 2.23. The Bertz CT molecular complexity index is 1140. The van der Waals surface area contributed by atoms with E-state index in [1.807, 2.05) is 78.9 Å². The second-order valence-electron chi connectivity index (χ2n) is 7.21. The van der Waals surface area contributed by atoms with Gasteiger partial charge < -0.3 is 9.64 Å². The number of hydrogen-bond donors (Lipinski definition) is 0. The van der Waals surface area contributed by atoms with Gasteiger partial charge in [0.1, 0.15) is 5.75 Å². The second-order valence-corrected chi connectivity index (χ2v) is 7.21. The van der Waals surface area contributed by atoms with Crippen molar-refractivity contribution in [3.05, 3.63) is 90.6 Å². The van der Waals surface area contributed by atoms with Crippen molar-refractivity contribution in [3.63, 3.8) is 0 Å². The summed E-state index contributed by atoms with van der Waals surface area (Å²) in [6.07, 6.45) is 1.19. The van der Waals surface area contributed by atoms with E-state index in [0.29, 0.717) is 12.3 Å². The molecule has 0 aliphatic rings. The lowest BCUT2D eigenvalue weighted by molar-refractivity contribution is -0.137. The summed E-state index contributed by atoms with van der Waals surface area (Å²) in [4.78, 5) is 23.5. The number of ether oxygens (including phenoxy) is 1. The summed E-state index contributed by atoms with van der Waals surface area (Å²) in [6, 6.07) is 25.3. The molecular formula is C25H23N3O2. The first kappa shape index (κ1) is 19.6. The molecule has 4 aromatic rings. The van der Waals surface area contributed by atoms with E-state index in [-0.39, 0.29) is 5.91 Å². The number of aromatic nitrogens is 2. The SMILES string of the molecule is C[C@H](Oc1ccc(-c2cnc3ccccc3n2)cc1)C(=O)N(C)Cc1ccccc1. The van der Waals surface area contributed by atoms with Crippen LogP contribution in [0.5, 0.6) is 5.75 Å². The molecule has 0 aliphatic heterocycles. The van der Waals surface area contributed by atoms with Gasteiger partial charge in [-0.25, -0.2) is 4.98 Å². The summed E-state index contributed by atoms with van der Waals surface area (Å²) in [7, 11) is 1.79. The lowest BCUT2D eigenvalue weighted by atomic mass is 10.1. The normalized spacial score (nSPS) is 11.8. The fourth-order valence-corrected chi connectivity index (χ4v) is 3.30. The van der Waals surface area contributed by atoms with Gasteiger partial charge in [0, 0.05) is 19.2 Å². The Hall–Kier alpha value is -3.73. The van der Waals surface area contributed by atoms with E-state index >= 15 is 0 Å². The number of likely N-dealkylation sites (N-methyl/N-ethyl adjacent to an activating group) is 1. The third kappa shape index (κ3) is 4.46. The maximum Gasteiger partial charge on any atom is 0.263 e. The van der Waals surface area contributed by atoms with Crippen molar-refractivity contribution in [1.29, 1.82) is 0 Å². The molecule has 30 heavy (non-hydrogen) atoms. The van der Waals surface area contributed by atoms with Crippen molar-refractivity contribution in [1.82, 2.24) is 14.9 Å². The van der Waals surface area contributed by atoms with Crippen LogP contribution >= 0.6 is 0 Å². The molecule has 0 unspecified atom stereocenters. The maximum absolute atomic E-state index is 12.6. The lowest BCUT2D eigenvalue weighted by Crippen LogP contribution is -2.37. The molecule has 5 nitrogen and oxygen atoms in total. The molecule has 150 valence electrons. The van der Waals surface area contributed by atoms with Crippen LogP contribution in [0.25, 0.3) is 22.3 Å². The Morgan fingerprint density at radius 3 is 2.33 bits per heavy atom. The van der Waals surface area contributed by atoms with E-state index < -0.39 is 6.10 Å². The first-order chi connectivity index (χ1) is 14.6. The zero-order valence-electron chi connectivity index (χ0n) is 17.0. The van der Waals surface area contributed by atoms with Crippen LogP contribution in [0.3, 0.4) is 0 Å². The van der Waals surface area contributed by atoms with Gasteiger partial charge >= 0.3 is 0 Å². The smallest absolute Gasteiger partial charge is 0.263 e. The molecule has 0 radical (unpaired) electrons. The van der Waals surface area contributed by atoms with Crippen LogP contribution in [-0.4, -0.2) is 33.9 Å². The van der Waals surface area contributed by atoms with Gasteiger partial charge in [0.15, 0.2) is 6.10 Å². The van der Waals surface area contributed by atoms with Crippen molar-refractivity contribution >= 4 is 16.9 Å². The number of benzene rings is 3. The van der Waals surface area contributed by atoms with Crippen molar-refractivity contribution in [2.45, 2.75) is 19.6 Å². The number of rotatable bonds is 6. The third-order valence-electron chi connectivity index (χ3n) is 4.90. The van der Waals surface area contributed by atoms with Crippen LogP contribution < -0.4 is 4.74 Å². The number of carbonyl (C=O) groups excluding carboxylic acids is 1. The summed E-state index contributed by atoms with van der Waals surface area (Å²) in [5.74, 6) is 0.574. The van der Waals surface area contributed by atoms with Gasteiger partial charge in [0.05, 0.1) is 22.9 Å². The van der Waals surface area contributed by atoms with E-state index in [1.165, 1.54) is 0 Å². The average Bonchev–Trinajstić information content (AvgIpc) is 2.79. The van der Waals surface area contributed by atoms with Crippen molar-refractivity contribution in [2.75, 3.05) is 7.05 Å². The van der Waals surface area contributed by atoms with Crippen LogP contribution in [0.15, 0.2) is 85.1 Å². The molecule has 0 aliphatic carbocycles. The molecule has 1 aromatic heterocycles. The Morgan fingerprint density at radius 2 is 1.60 bits per heavy atom. The topological polar surface area (TPSA) is 55.3 Å². The Labute approximate surface area is 176 Å². The highest BCUT2D eigenvalue weighted by Gasteiger charge is 2.19. The van der Waals surface area contributed by atoms with E-state index in [0.717, 1.165) is 27.9 Å². The molecular weight excluding hydrogens is 374 g/mol. The van der Waals surface area contributed by atoms with Crippen molar-refractivity contribution in [3.8, 4) is 17.0 Å². The van der Waals surface area contributed by atoms with Crippen LogP contribution in [0, 0.1) is 0 Å². The zero-order valence-corrected chi connectivity index (χ0v) is 17.0. The third-order valence-corrected chi connectivity index (χ3v) is 4.90. The van der Waals surface area contributed by atoms with E-state index in [1.54, 1.807) is 25.1 Å². The fraction of sp³-hybridized carbons (Fsp3) is 0.160. The zero-order chi connectivity index (χ0) is 20.9. The first-order valence-electron chi connectivity index (χ1n) is 9.88. The van der Waals surface area contributed by atoms with Gasteiger partial charge in [0.25, 0.3) is 5.91 Å². The summed E-state index contributed by atoms with van der Waals surface area (Å²) in [6.45, 7) is 2.32. The molecule has 4 rings (SSSR count). The first-order valence-corrected chi connectivity index (χ1v) is 9.88. The number of para-hydroxylation sites is 2. The molecule has 0 saturated carbocycles. The molecule has 1 amide bonds. The minimum atomic E-state index is -0.579. The molecule has 0 spiro atoms. The summed E-state index contributed by atoms with van der Waals surface area (Å²) in [5.41, 5.74) is 4.55. The number of hydrogen-bond acceptors (Lipinski definition) is 4. The minimum absolute atomic E-state index is 0.0664. The number of fused-ring (bicyclic) bond motifs is 1. The van der Waals surface area contributed by atoms with Crippen molar-refractivity contribution < 1.29 is 9.53 Å². The van der Waals surface area contributed by atoms with Gasteiger partial charge in [-0.15, -0.1) is 0 Å². The summed E-state index contributed by atoms with van der Waals surface area (Å²) in [5, 5.41) is 0. The largest absolute Gasteiger partial charge is 0.481 e. The Morgan fingerprint density at radius 1 is 0.933 bits per heavy atom. The predicted octanol–water partition coefficient (Wildman–Crippen LogP) is 4.72. The van der Waals surface area contributed by atoms with Gasteiger partial charge in [0.2, 0.25) is 0 Å². The Balaban J connectivity index is 1.41. The van der Waals surface area contributed by atoms with Crippen LogP contribution in [0.2, 0.25) is 0 Å². The van der Waals surface area contributed by atoms with Crippen LogP contribution in [0.4, 0.5) is 0 Å². The highest BCUT2D eigenvalue weighted by atomic mass is 16.5. The molecule has 0 fully saturated rings. The van der Waals surface area contributed by atoms with Gasteiger partial charge in [-0.3, -0.25) is 9.78 Å². The van der Waals surface area contributed by atoms with Crippen molar-refractivity contribution in [2.24, 2.45) is 0 Å². The standard InChI is InChI=1S/C25H23N3O2/c1-18(25(29)28(2)17-19-8-4-3-5-9-19)30-21-14-12-20(13-15-21)24-16-26-22-10-6-7-11-23(22)27-24/h3-16,18H,17H2,1-2H3/t18-/m0/s1. The maximum atomic E-state index is 12.6. The average molecular weight is 397 g/mol. The van der Waals surface area contributed by atoms with E-state index in [9.17, 15) is 4.79 Å². The quantitative estimate of drug-likeness (QED) is 0.472. The second kappa shape index (κ2) is 8.74. The molecule has 0 bridgehead atoms. The van der Waals surface area contributed by atoms with E-state index in [2.05, 4.69) is 9.97 Å². The number of nitrogens with zero attached hydrogens (tertiary/aromatic N) is 3. The molecule has 3 aromatic carbocycles. The molecule has 1 atom stereocenters. The minimum Gasteiger partial charge on any atom is -0.481 e. The van der Waals surface area contributed by atoms with Crippen LogP contribution in [0.1, 0.15) is 12.5 Å². The number of amides is 1. The van der Waals surface area contributed by atoms with Gasteiger partial charge in [-0.2, -0.15) is 0 Å². The highest BCUT2D eigenvalue weighted by molar-refractivity contribution is 5.80. The number of carbonyl (C=O) groups is 1. The predicted molar refractivity (Wildman–Crippen MR) is 118 cm³/mol. The lowest BCUT2D eigenvalue weighted by Gasteiger charge is -2.22. The molecule has 0 saturated heterocycles. The fourth-order valence-electron chi connectivity index (χ4n) is 3.30. The summed E-state index contributed by atoms with van der Waals surface area (Å²) < 4.78 is 5.87. The van der Waals surface area contributed by atoms with E-state index in [4.69, 9.17) is 4.74 Å². The summed E-state index contributed by atoms with van der Waals surface area (Å²) >= 11 is 0. The Kier molecular flexibility index (Phi) is 5.70.